The summed E-state index contributed by atoms with van der Waals surface area (Å²) in [4.78, 5) is 44.5. The summed E-state index contributed by atoms with van der Waals surface area (Å²) in [6.45, 7) is 11.9. The number of benzene rings is 1. The van der Waals surface area contributed by atoms with E-state index in [-0.39, 0.29) is 30.5 Å². The molecule has 39 heavy (non-hydrogen) atoms. The Balaban J connectivity index is 1.59. The van der Waals surface area contributed by atoms with Crippen molar-refractivity contribution in [2.75, 3.05) is 31.6 Å². The van der Waals surface area contributed by atoms with Gasteiger partial charge < -0.3 is 29.0 Å². The van der Waals surface area contributed by atoms with E-state index in [0.717, 1.165) is 17.9 Å². The van der Waals surface area contributed by atoms with Crippen LogP contribution in [0.15, 0.2) is 12.1 Å². The summed E-state index contributed by atoms with van der Waals surface area (Å²) >= 11 is 0. The Kier molecular flexibility index (Phi) is 7.44. The first kappa shape index (κ1) is 28.4. The van der Waals surface area contributed by atoms with Gasteiger partial charge in [-0.2, -0.15) is 0 Å². The summed E-state index contributed by atoms with van der Waals surface area (Å²) in [5.41, 5.74) is 2.96. The molecule has 0 bridgehead atoms. The molecule has 1 aromatic heterocycles. The molecule has 11 nitrogen and oxygen atoms in total. The Morgan fingerprint density at radius 1 is 1.15 bits per heavy atom. The number of ether oxygens (including phenoxy) is 1. The molecule has 2 fully saturated rings. The van der Waals surface area contributed by atoms with E-state index in [0.29, 0.717) is 35.6 Å². The van der Waals surface area contributed by atoms with E-state index in [1.54, 1.807) is 26.8 Å². The number of carboxylic acid groups (broad SMARTS) is 1. The van der Waals surface area contributed by atoms with Crippen LogP contribution in [0.1, 0.15) is 66.3 Å². The van der Waals surface area contributed by atoms with Gasteiger partial charge in [-0.05, 0) is 45.1 Å². The highest BCUT2D eigenvalue weighted by Gasteiger charge is 2.37. The van der Waals surface area contributed by atoms with Crippen LogP contribution >= 0.6 is 0 Å². The number of hydrazine groups is 1. The van der Waals surface area contributed by atoms with Crippen molar-refractivity contribution >= 4 is 34.8 Å². The third-order valence-corrected chi connectivity index (χ3v) is 6.98. The van der Waals surface area contributed by atoms with Gasteiger partial charge in [0.2, 0.25) is 5.91 Å². The van der Waals surface area contributed by atoms with Crippen LogP contribution < -0.4 is 15.4 Å². The van der Waals surface area contributed by atoms with Gasteiger partial charge in [0.05, 0.1) is 29.2 Å². The molecule has 2 aromatic rings. The van der Waals surface area contributed by atoms with Crippen LogP contribution in [-0.4, -0.2) is 75.9 Å². The van der Waals surface area contributed by atoms with E-state index in [4.69, 9.17) is 4.74 Å². The van der Waals surface area contributed by atoms with E-state index in [2.05, 4.69) is 10.4 Å². The highest BCUT2D eigenvalue weighted by molar-refractivity contribution is 5.84. The molecule has 2 aliphatic rings. The first-order valence-corrected chi connectivity index (χ1v) is 13.2. The van der Waals surface area contributed by atoms with Crippen LogP contribution in [0.4, 0.5) is 19.7 Å². The summed E-state index contributed by atoms with van der Waals surface area (Å²) in [5, 5.41) is 12.7. The fourth-order valence-corrected chi connectivity index (χ4v) is 4.97. The van der Waals surface area contributed by atoms with Crippen molar-refractivity contribution in [1.29, 1.82) is 0 Å². The molecule has 12 heteroatoms. The van der Waals surface area contributed by atoms with Crippen LogP contribution in [0.3, 0.4) is 0 Å². The van der Waals surface area contributed by atoms with Crippen molar-refractivity contribution in [3.63, 3.8) is 0 Å². The first-order chi connectivity index (χ1) is 18.0. The number of halogens is 1. The van der Waals surface area contributed by atoms with E-state index >= 15 is 4.39 Å². The minimum atomic E-state index is -1.22. The minimum absolute atomic E-state index is 0.106. The monoisotopic (exact) mass is 545 g/mol. The number of hydrogen-bond donors (Lipinski definition) is 1. The number of piperazine rings is 1. The Morgan fingerprint density at radius 3 is 2.38 bits per heavy atom. The topological polar surface area (TPSA) is 123 Å². The van der Waals surface area contributed by atoms with Crippen molar-refractivity contribution in [3.05, 3.63) is 23.8 Å². The third-order valence-electron chi connectivity index (χ3n) is 6.98. The fraction of sp³-hybridized carbons (Fsp3) is 0.630. The zero-order chi connectivity index (χ0) is 28.9. The maximum Gasteiger partial charge on any atom is 0.428 e. The second-order valence-electron chi connectivity index (χ2n) is 12.5. The summed E-state index contributed by atoms with van der Waals surface area (Å²) in [6, 6.07) is 2.89. The van der Waals surface area contributed by atoms with Crippen molar-refractivity contribution < 1.29 is 28.6 Å². The van der Waals surface area contributed by atoms with E-state index in [1.165, 1.54) is 18.0 Å². The summed E-state index contributed by atoms with van der Waals surface area (Å²) < 4.78 is 22.7. The lowest BCUT2D eigenvalue weighted by Gasteiger charge is -2.49. The predicted molar refractivity (Wildman–Crippen MR) is 141 cm³/mol. The summed E-state index contributed by atoms with van der Waals surface area (Å²) in [6.07, 6.45) is -0.184. The molecule has 214 valence electrons. The molecule has 1 aromatic carbocycles. The molecule has 0 radical (unpaired) electrons. The van der Waals surface area contributed by atoms with Gasteiger partial charge >= 0.3 is 6.09 Å². The van der Waals surface area contributed by atoms with Crippen LogP contribution in [0.2, 0.25) is 0 Å². The van der Waals surface area contributed by atoms with Crippen molar-refractivity contribution in [1.82, 2.24) is 24.9 Å². The number of anilines is 1. The highest BCUT2D eigenvalue weighted by Crippen LogP contribution is 2.40. The largest absolute Gasteiger partial charge is 0.530 e. The van der Waals surface area contributed by atoms with Crippen LogP contribution in [0.5, 0.6) is 0 Å². The summed E-state index contributed by atoms with van der Waals surface area (Å²) in [5.74, 6) is -0.431. The van der Waals surface area contributed by atoms with Gasteiger partial charge in [0, 0.05) is 38.8 Å². The number of nitrogens with zero attached hydrogens (tertiary/aromatic N) is 5. The zero-order valence-corrected chi connectivity index (χ0v) is 23.7. The maximum absolute atomic E-state index is 15.4. The Labute approximate surface area is 227 Å². The Hall–Kier alpha value is -3.57. The number of rotatable bonds is 4. The molecule has 1 N–H and O–H groups in total. The molecule has 1 aliphatic heterocycles. The second-order valence-corrected chi connectivity index (χ2v) is 12.5. The molecule has 4 rings (SSSR count). The first-order valence-electron chi connectivity index (χ1n) is 13.2. The van der Waals surface area contributed by atoms with Crippen molar-refractivity contribution in [2.24, 2.45) is 5.41 Å². The number of carbonyl (C=O) groups excluding carboxylic acids is 3. The second kappa shape index (κ2) is 10.2. The minimum Gasteiger partial charge on any atom is -0.530 e. The third kappa shape index (κ3) is 6.36. The smallest absolute Gasteiger partial charge is 0.428 e. The molecule has 1 aliphatic carbocycles. The average Bonchev–Trinajstić information content (AvgIpc) is 3.58. The fourth-order valence-electron chi connectivity index (χ4n) is 4.97. The van der Waals surface area contributed by atoms with Gasteiger partial charge in [-0.3, -0.25) is 10.2 Å². The van der Waals surface area contributed by atoms with Crippen molar-refractivity contribution in [2.45, 2.75) is 78.5 Å². The van der Waals surface area contributed by atoms with Crippen LogP contribution in [0.25, 0.3) is 11.0 Å². The number of carbonyl (C=O) groups is 3. The molecular formula is C27H38FN6O5-. The highest BCUT2D eigenvalue weighted by atomic mass is 19.1. The standard InChI is InChI=1S/C27H39FN6O5/c1-26(2,3)21-15-32(10-11-33(21)24(36)37)19-13-20-18(12-17(19)28)29-22(34(20)16-8-9-16)14-23(35)30-31(7)25(38)39-27(4,5)6/h12-13,16,21H,8-11,14-15H2,1-7H3,(H,30,35)(H,36,37)/p-1. The lowest BCUT2D eigenvalue weighted by molar-refractivity contribution is -0.270. The van der Waals surface area contributed by atoms with Crippen molar-refractivity contribution in [3.8, 4) is 0 Å². The normalized spacial score (nSPS) is 18.3. The molecule has 0 spiro atoms. The predicted octanol–water partition coefficient (Wildman–Crippen LogP) is 2.83. The molecule has 1 unspecified atom stereocenters. The molecule has 1 atom stereocenters. The van der Waals surface area contributed by atoms with Gasteiger partial charge in [0.1, 0.15) is 23.3 Å². The van der Waals surface area contributed by atoms with E-state index in [9.17, 15) is 19.5 Å². The van der Waals surface area contributed by atoms with E-state index < -0.39 is 29.5 Å². The Bertz CT molecular complexity index is 1280. The van der Waals surface area contributed by atoms with Crippen LogP contribution in [0, 0.1) is 11.2 Å². The average molecular weight is 546 g/mol. The van der Waals surface area contributed by atoms with Gasteiger partial charge in [-0.15, -0.1) is 0 Å². The molecular weight excluding hydrogens is 507 g/mol. The number of amides is 3. The van der Waals surface area contributed by atoms with Gasteiger partial charge in [0.15, 0.2) is 0 Å². The van der Waals surface area contributed by atoms with Gasteiger partial charge in [-0.25, -0.2) is 19.2 Å². The molecule has 1 saturated carbocycles. The molecule has 3 amide bonds. The van der Waals surface area contributed by atoms with Crippen LogP contribution in [-0.2, 0) is 16.0 Å². The van der Waals surface area contributed by atoms with Gasteiger partial charge in [0.25, 0.3) is 0 Å². The zero-order valence-electron chi connectivity index (χ0n) is 23.7. The SMILES string of the molecule is CN(NC(=O)Cc1nc2cc(F)c(N3CCN(C(=O)[O-])C(C(C)(C)C)C3)cc2n1C1CC1)C(=O)OC(C)(C)C. The number of hydrogen-bond acceptors (Lipinski definition) is 7. The van der Waals surface area contributed by atoms with Gasteiger partial charge in [-0.1, -0.05) is 20.8 Å². The Morgan fingerprint density at radius 2 is 1.82 bits per heavy atom. The number of nitrogens with one attached hydrogen (secondary N) is 1. The summed E-state index contributed by atoms with van der Waals surface area (Å²) in [7, 11) is 1.41. The number of fused-ring (bicyclic) bond motifs is 1. The lowest BCUT2D eigenvalue weighted by Crippen LogP contribution is -2.62. The quantitative estimate of drug-likeness (QED) is 0.586. The maximum atomic E-state index is 15.4. The lowest BCUT2D eigenvalue weighted by atomic mass is 9.84. The van der Waals surface area contributed by atoms with E-state index in [1.807, 2.05) is 30.2 Å². The molecule has 1 saturated heterocycles. The number of imidazole rings is 1. The molecule has 2 heterocycles. The number of aromatic nitrogens is 2.